The topological polar surface area (TPSA) is 75.7 Å². The molecule has 2 aliphatic heterocycles. The van der Waals surface area contributed by atoms with E-state index in [4.69, 9.17) is 4.74 Å². The molecular formula is C26H26N2O4S. The number of benzene rings is 3. The average molecular weight is 463 g/mol. The van der Waals surface area contributed by atoms with Crippen molar-refractivity contribution in [2.75, 3.05) is 13.1 Å². The van der Waals surface area contributed by atoms with Gasteiger partial charge in [-0.3, -0.25) is 4.79 Å². The summed E-state index contributed by atoms with van der Waals surface area (Å²) in [6.45, 7) is 1.14. The summed E-state index contributed by atoms with van der Waals surface area (Å²) >= 11 is 0. The lowest BCUT2D eigenvalue weighted by molar-refractivity contribution is -0.121. The molecule has 170 valence electrons. The van der Waals surface area contributed by atoms with Crippen LogP contribution in [-0.2, 0) is 21.2 Å². The summed E-state index contributed by atoms with van der Waals surface area (Å²) in [5.41, 5.74) is 2.58. The van der Waals surface area contributed by atoms with Crippen molar-refractivity contribution in [1.82, 2.24) is 9.62 Å². The number of carbonyl (C=O) groups is 1. The van der Waals surface area contributed by atoms with Gasteiger partial charge >= 0.3 is 0 Å². The predicted molar refractivity (Wildman–Crippen MR) is 126 cm³/mol. The van der Waals surface area contributed by atoms with E-state index in [1.54, 1.807) is 28.6 Å². The van der Waals surface area contributed by atoms with Gasteiger partial charge in [-0.15, -0.1) is 0 Å². The van der Waals surface area contributed by atoms with E-state index < -0.39 is 10.0 Å². The molecule has 5 rings (SSSR count). The summed E-state index contributed by atoms with van der Waals surface area (Å²) in [5.74, 6) is 1.32. The second kappa shape index (κ2) is 9.00. The fraction of sp³-hybridized carbons (Fsp3) is 0.269. The Morgan fingerprint density at radius 3 is 2.03 bits per heavy atom. The fourth-order valence-electron chi connectivity index (χ4n) is 4.50. The van der Waals surface area contributed by atoms with E-state index in [1.807, 2.05) is 48.5 Å². The molecule has 33 heavy (non-hydrogen) atoms. The van der Waals surface area contributed by atoms with Gasteiger partial charge < -0.3 is 10.1 Å². The van der Waals surface area contributed by atoms with Gasteiger partial charge in [0, 0.05) is 24.2 Å². The number of para-hydroxylation sites is 2. The Kier molecular flexibility index (Phi) is 5.91. The van der Waals surface area contributed by atoms with E-state index in [9.17, 15) is 13.2 Å². The van der Waals surface area contributed by atoms with Crippen LogP contribution >= 0.6 is 0 Å². The number of fused-ring (bicyclic) bond motifs is 2. The Bertz CT molecular complexity index is 1220. The molecule has 0 atom stereocenters. The number of nitrogens with zero attached hydrogens (tertiary/aromatic N) is 1. The number of ether oxygens (including phenoxy) is 1. The highest BCUT2D eigenvalue weighted by Crippen LogP contribution is 2.42. The summed E-state index contributed by atoms with van der Waals surface area (Å²) < 4.78 is 33.2. The van der Waals surface area contributed by atoms with E-state index >= 15 is 0 Å². The summed E-state index contributed by atoms with van der Waals surface area (Å²) in [4.78, 5) is 13.2. The maximum absolute atomic E-state index is 13.0. The molecule has 0 aromatic heterocycles. The molecule has 0 bridgehead atoms. The molecule has 0 saturated carbocycles. The minimum atomic E-state index is -3.48. The number of piperidine rings is 1. The minimum absolute atomic E-state index is 0.141. The lowest BCUT2D eigenvalue weighted by Crippen LogP contribution is -2.35. The molecule has 3 aromatic rings. The molecule has 0 radical (unpaired) electrons. The molecule has 1 fully saturated rings. The molecule has 2 heterocycles. The van der Waals surface area contributed by atoms with Crippen molar-refractivity contribution in [2.45, 2.75) is 36.6 Å². The first kappa shape index (κ1) is 21.7. The van der Waals surface area contributed by atoms with Gasteiger partial charge in [0.25, 0.3) is 0 Å². The molecule has 0 unspecified atom stereocenters. The van der Waals surface area contributed by atoms with Crippen molar-refractivity contribution >= 4 is 15.9 Å². The number of rotatable bonds is 5. The number of carbonyl (C=O) groups excluding carboxylic acids is 1. The van der Waals surface area contributed by atoms with Gasteiger partial charge in [0.05, 0.1) is 17.4 Å². The zero-order valence-corrected chi connectivity index (χ0v) is 19.1. The van der Waals surface area contributed by atoms with Gasteiger partial charge in [-0.05, 0) is 42.7 Å². The lowest BCUT2D eigenvalue weighted by atomic mass is 9.94. The van der Waals surface area contributed by atoms with Crippen molar-refractivity contribution in [1.29, 1.82) is 0 Å². The van der Waals surface area contributed by atoms with E-state index in [0.29, 0.717) is 13.1 Å². The van der Waals surface area contributed by atoms with E-state index in [-0.39, 0.29) is 23.3 Å². The van der Waals surface area contributed by atoms with Crippen LogP contribution in [0.3, 0.4) is 0 Å². The van der Waals surface area contributed by atoms with Gasteiger partial charge in [0.15, 0.2) is 0 Å². The molecule has 1 saturated heterocycles. The average Bonchev–Trinajstić information content (AvgIpc) is 2.85. The Hall–Kier alpha value is -3.16. The van der Waals surface area contributed by atoms with Gasteiger partial charge in [-0.2, -0.15) is 4.31 Å². The number of hydrogen-bond donors (Lipinski definition) is 1. The Morgan fingerprint density at radius 1 is 0.848 bits per heavy atom. The fourth-order valence-corrected chi connectivity index (χ4v) is 6.01. The molecule has 0 spiro atoms. The van der Waals surface area contributed by atoms with Crippen LogP contribution in [-0.4, -0.2) is 31.7 Å². The third-order valence-electron chi connectivity index (χ3n) is 6.23. The van der Waals surface area contributed by atoms with Crippen LogP contribution in [0, 0.1) is 0 Å². The lowest BCUT2D eigenvalue weighted by Gasteiger charge is -2.28. The number of nitrogens with one attached hydrogen (secondary N) is 1. The van der Waals surface area contributed by atoms with E-state index in [0.717, 1.165) is 47.5 Å². The van der Waals surface area contributed by atoms with Crippen molar-refractivity contribution < 1.29 is 17.9 Å². The Balaban J connectivity index is 1.31. The van der Waals surface area contributed by atoms with Crippen LogP contribution in [0.4, 0.5) is 0 Å². The first-order chi connectivity index (χ1) is 16.0. The maximum atomic E-state index is 13.0. The second-order valence-corrected chi connectivity index (χ2v) is 10.4. The molecule has 0 aliphatic carbocycles. The minimum Gasteiger partial charge on any atom is -0.457 e. The third-order valence-corrected chi connectivity index (χ3v) is 8.14. The molecule has 2 aliphatic rings. The van der Waals surface area contributed by atoms with Crippen molar-refractivity contribution in [3.05, 3.63) is 89.5 Å². The van der Waals surface area contributed by atoms with Crippen molar-refractivity contribution in [2.24, 2.45) is 0 Å². The standard InChI is InChI=1S/C26H26N2O4S/c29-25(18-19-12-14-20(15-13-19)33(30,31)28-16-6-1-7-17-28)27-26-21-8-2-4-10-23(21)32-24-11-5-3-9-22(24)26/h2-5,8-15,26H,1,6-7,16-18H2,(H,27,29). The SMILES string of the molecule is O=C(Cc1ccc(S(=O)(=O)N2CCCCC2)cc1)NC1c2ccccc2Oc2ccccc21. The zero-order valence-electron chi connectivity index (χ0n) is 18.2. The largest absolute Gasteiger partial charge is 0.457 e. The molecule has 3 aromatic carbocycles. The van der Waals surface area contributed by atoms with Crippen molar-refractivity contribution in [3.8, 4) is 11.5 Å². The van der Waals surface area contributed by atoms with Crippen LogP contribution in [0.25, 0.3) is 0 Å². The first-order valence-corrected chi connectivity index (χ1v) is 12.7. The zero-order chi connectivity index (χ0) is 22.8. The first-order valence-electron chi connectivity index (χ1n) is 11.3. The second-order valence-electron chi connectivity index (χ2n) is 8.46. The van der Waals surface area contributed by atoms with Crippen molar-refractivity contribution in [3.63, 3.8) is 0 Å². The number of amides is 1. The van der Waals surface area contributed by atoms with Gasteiger partial charge in [0.1, 0.15) is 11.5 Å². The summed E-state index contributed by atoms with van der Waals surface area (Å²) in [5, 5.41) is 3.13. The van der Waals surface area contributed by atoms with Crippen LogP contribution in [0.2, 0.25) is 0 Å². The molecule has 7 heteroatoms. The maximum Gasteiger partial charge on any atom is 0.243 e. The van der Waals surface area contributed by atoms with Crippen LogP contribution < -0.4 is 10.1 Å². The van der Waals surface area contributed by atoms with E-state index in [2.05, 4.69) is 5.32 Å². The molecule has 1 N–H and O–H groups in total. The highest BCUT2D eigenvalue weighted by atomic mass is 32.2. The molecule has 1 amide bonds. The summed E-state index contributed by atoms with van der Waals surface area (Å²) in [6, 6.07) is 21.7. The van der Waals surface area contributed by atoms with Gasteiger partial charge in [-0.25, -0.2) is 8.42 Å². The predicted octanol–water partition coefficient (Wildman–Crippen LogP) is 4.42. The number of hydrogen-bond acceptors (Lipinski definition) is 4. The third kappa shape index (κ3) is 4.38. The van der Waals surface area contributed by atoms with Crippen LogP contribution in [0.5, 0.6) is 11.5 Å². The highest BCUT2D eigenvalue weighted by molar-refractivity contribution is 7.89. The number of sulfonamides is 1. The molecular weight excluding hydrogens is 436 g/mol. The Labute approximate surface area is 194 Å². The smallest absolute Gasteiger partial charge is 0.243 e. The Morgan fingerprint density at radius 2 is 1.42 bits per heavy atom. The summed E-state index contributed by atoms with van der Waals surface area (Å²) in [6.07, 6.45) is 3.03. The van der Waals surface area contributed by atoms with Crippen LogP contribution in [0.15, 0.2) is 77.7 Å². The quantitative estimate of drug-likeness (QED) is 0.609. The normalized spacial score (nSPS) is 16.4. The van der Waals surface area contributed by atoms with Gasteiger partial charge in [0.2, 0.25) is 15.9 Å². The van der Waals surface area contributed by atoms with E-state index in [1.165, 1.54) is 0 Å². The van der Waals surface area contributed by atoms with Crippen LogP contribution in [0.1, 0.15) is 42.0 Å². The molecule has 6 nitrogen and oxygen atoms in total. The summed E-state index contributed by atoms with van der Waals surface area (Å²) in [7, 11) is -3.48. The highest BCUT2D eigenvalue weighted by Gasteiger charge is 2.28. The monoisotopic (exact) mass is 462 g/mol. The van der Waals surface area contributed by atoms with Gasteiger partial charge in [-0.1, -0.05) is 55.0 Å².